The van der Waals surface area contributed by atoms with E-state index in [2.05, 4.69) is 148 Å². The van der Waals surface area contributed by atoms with Crippen LogP contribution in [0.2, 0.25) is 0 Å². The molecular weight excluding hydrogens is 1110 g/mol. The summed E-state index contributed by atoms with van der Waals surface area (Å²) >= 11 is 0. The SMILES string of the molecule is CC/C=C\C/C=C\C/C=C\C/C=C\C/C=C\C/C=C\C/C=C\C/C=C\C/C=C\C/C=C\C/C=C\CCCCCC(=O)OC(COC(=O)CCCCCCCCCCCCCCCCCCCCCCCCCCCCCCCC)COP(=O)(O)OCCN. The first-order valence-electron chi connectivity index (χ1n) is 36.2. The van der Waals surface area contributed by atoms with Crippen molar-refractivity contribution in [3.63, 3.8) is 0 Å². The largest absolute Gasteiger partial charge is 0.472 e. The molecule has 0 bridgehead atoms. The highest BCUT2D eigenvalue weighted by atomic mass is 31.2. The maximum atomic E-state index is 12.8. The fourth-order valence-corrected chi connectivity index (χ4v) is 10.8. The van der Waals surface area contributed by atoms with Gasteiger partial charge in [0.15, 0.2) is 6.10 Å². The van der Waals surface area contributed by atoms with Crippen LogP contribution in [0.5, 0.6) is 0 Å². The zero-order valence-electron chi connectivity index (χ0n) is 56.7. The maximum Gasteiger partial charge on any atom is 0.472 e. The average Bonchev–Trinajstić information content (AvgIpc) is 3.60. The number of phosphoric acid groups is 1. The van der Waals surface area contributed by atoms with Crippen molar-refractivity contribution in [2.45, 2.75) is 322 Å². The minimum atomic E-state index is -4.41. The van der Waals surface area contributed by atoms with Crippen LogP contribution in [0.1, 0.15) is 316 Å². The first-order valence-corrected chi connectivity index (χ1v) is 37.7. The second-order valence-corrected chi connectivity index (χ2v) is 25.2. The molecule has 88 heavy (non-hydrogen) atoms. The lowest BCUT2D eigenvalue weighted by atomic mass is 10.0. The van der Waals surface area contributed by atoms with E-state index >= 15 is 0 Å². The van der Waals surface area contributed by atoms with Crippen molar-refractivity contribution >= 4 is 19.8 Å². The Hall–Kier alpha value is -3.85. The molecule has 0 saturated carbocycles. The number of carbonyl (C=O) groups excluding carboxylic acids is 2. The molecule has 504 valence electrons. The Balaban J connectivity index is 3.98. The van der Waals surface area contributed by atoms with Crippen LogP contribution in [0, 0.1) is 0 Å². The number of allylic oxidation sites excluding steroid dienone is 22. The molecule has 0 aromatic rings. The van der Waals surface area contributed by atoms with Crippen molar-refractivity contribution in [3.05, 3.63) is 134 Å². The van der Waals surface area contributed by atoms with Crippen molar-refractivity contribution < 1.29 is 37.6 Å². The van der Waals surface area contributed by atoms with Gasteiger partial charge in [-0.3, -0.25) is 18.6 Å². The molecule has 0 aliphatic heterocycles. The van der Waals surface area contributed by atoms with E-state index in [9.17, 15) is 19.0 Å². The minimum Gasteiger partial charge on any atom is -0.462 e. The summed E-state index contributed by atoms with van der Waals surface area (Å²) < 4.78 is 33.1. The van der Waals surface area contributed by atoms with Gasteiger partial charge in [-0.05, 0) is 96.3 Å². The first kappa shape index (κ1) is 84.2. The Labute approximate surface area is 542 Å². The van der Waals surface area contributed by atoms with Crippen LogP contribution in [-0.2, 0) is 32.7 Å². The third kappa shape index (κ3) is 71.2. The van der Waals surface area contributed by atoms with Gasteiger partial charge in [0.2, 0.25) is 0 Å². The molecule has 0 fully saturated rings. The van der Waals surface area contributed by atoms with Crippen LogP contribution in [0.15, 0.2) is 134 Å². The summed E-state index contributed by atoms with van der Waals surface area (Å²) in [5.41, 5.74) is 5.40. The van der Waals surface area contributed by atoms with Crippen molar-refractivity contribution in [2.75, 3.05) is 26.4 Å². The summed E-state index contributed by atoms with van der Waals surface area (Å²) in [6, 6.07) is 0. The van der Waals surface area contributed by atoms with Crippen LogP contribution in [-0.4, -0.2) is 49.3 Å². The average molecular weight is 1240 g/mol. The van der Waals surface area contributed by atoms with Gasteiger partial charge in [-0.2, -0.15) is 0 Å². The van der Waals surface area contributed by atoms with Gasteiger partial charge in [0.05, 0.1) is 13.2 Å². The number of phosphoric ester groups is 1. The highest BCUT2D eigenvalue weighted by Gasteiger charge is 2.26. The Morgan fingerprint density at radius 3 is 0.932 bits per heavy atom. The number of hydrogen-bond acceptors (Lipinski definition) is 8. The molecule has 3 N–H and O–H groups in total. The molecule has 0 saturated heterocycles. The van der Waals surface area contributed by atoms with Gasteiger partial charge in [0.25, 0.3) is 0 Å². The van der Waals surface area contributed by atoms with Crippen molar-refractivity contribution in [1.29, 1.82) is 0 Å². The second-order valence-electron chi connectivity index (χ2n) is 23.7. The van der Waals surface area contributed by atoms with Crippen molar-refractivity contribution in [3.8, 4) is 0 Å². The van der Waals surface area contributed by atoms with E-state index in [1.54, 1.807) is 0 Å². The van der Waals surface area contributed by atoms with Crippen LogP contribution in [0.25, 0.3) is 0 Å². The summed E-state index contributed by atoms with van der Waals surface area (Å²) in [7, 11) is -4.41. The molecule has 0 rings (SSSR count). The van der Waals surface area contributed by atoms with Crippen molar-refractivity contribution in [1.82, 2.24) is 0 Å². The van der Waals surface area contributed by atoms with Gasteiger partial charge in [0, 0.05) is 19.4 Å². The van der Waals surface area contributed by atoms with Gasteiger partial charge < -0.3 is 20.1 Å². The number of unbranched alkanes of at least 4 members (excludes halogenated alkanes) is 32. The minimum absolute atomic E-state index is 0.0423. The Kier molecular flexibility index (Phi) is 69.1. The molecule has 0 heterocycles. The lowest BCUT2D eigenvalue weighted by molar-refractivity contribution is -0.161. The van der Waals surface area contributed by atoms with Crippen LogP contribution >= 0.6 is 7.82 Å². The predicted octanol–water partition coefficient (Wildman–Crippen LogP) is 24.0. The van der Waals surface area contributed by atoms with E-state index < -0.39 is 26.5 Å². The summed E-state index contributed by atoms with van der Waals surface area (Å²) in [5, 5.41) is 0. The lowest BCUT2D eigenvalue weighted by Crippen LogP contribution is -2.29. The standard InChI is InChI=1S/C78H134NO8P/c1-3-5-7-9-11-13-15-17-19-21-23-25-27-29-31-33-35-36-37-38-39-40-41-43-45-47-49-51-53-55-57-59-61-63-65-67-69-71-78(81)87-76(75-86-88(82,83)85-73-72-79)74-84-77(80)70-68-66-64-62-60-58-56-54-52-50-48-46-44-42-34-32-30-28-26-24-22-20-18-16-14-12-10-8-6-4-2/h5,7,11,13,17,19,23,25,29,31,35-36,38-39,41,43,47,49,53,55,59,61,76H,3-4,6,8-10,12,14-16,18,20-22,24,26-28,30,32-34,37,40,42,44-46,48,50-52,54,56-58,60,62-75,79H2,1-2H3,(H,82,83)/b7-5-,13-11-,19-17-,25-23-,31-29-,36-35-,39-38-,43-41-,49-47-,55-53-,61-59-. The number of esters is 2. The Morgan fingerprint density at radius 1 is 0.352 bits per heavy atom. The molecule has 10 heteroatoms. The van der Waals surface area contributed by atoms with Crippen LogP contribution in [0.4, 0.5) is 0 Å². The fourth-order valence-electron chi connectivity index (χ4n) is 10.00. The highest BCUT2D eigenvalue weighted by molar-refractivity contribution is 7.47. The molecule has 0 spiro atoms. The summed E-state index contributed by atoms with van der Waals surface area (Å²) in [6.45, 7) is 3.62. The molecule has 0 aromatic carbocycles. The summed E-state index contributed by atoms with van der Waals surface area (Å²) in [4.78, 5) is 35.4. The molecular formula is C78H134NO8P. The molecule has 0 aliphatic rings. The normalized spacial score (nSPS) is 13.7. The number of carbonyl (C=O) groups is 2. The van der Waals surface area contributed by atoms with Gasteiger partial charge in [-0.1, -0.05) is 340 Å². The van der Waals surface area contributed by atoms with Crippen molar-refractivity contribution in [2.24, 2.45) is 5.73 Å². The number of rotatable bonds is 67. The zero-order chi connectivity index (χ0) is 63.7. The number of hydrogen-bond donors (Lipinski definition) is 2. The third-order valence-electron chi connectivity index (χ3n) is 15.3. The number of ether oxygens (including phenoxy) is 2. The van der Waals surface area contributed by atoms with Gasteiger partial charge in [-0.15, -0.1) is 0 Å². The van der Waals surface area contributed by atoms with Gasteiger partial charge in [0.1, 0.15) is 6.61 Å². The Morgan fingerprint density at radius 2 is 0.625 bits per heavy atom. The molecule has 0 amide bonds. The summed E-state index contributed by atoms with van der Waals surface area (Å²) in [5.74, 6) is -0.863. The predicted molar refractivity (Wildman–Crippen MR) is 381 cm³/mol. The second kappa shape index (κ2) is 72.2. The van der Waals surface area contributed by atoms with Gasteiger partial charge >= 0.3 is 19.8 Å². The van der Waals surface area contributed by atoms with Gasteiger partial charge in [-0.25, -0.2) is 4.57 Å². The van der Waals surface area contributed by atoms with E-state index in [0.29, 0.717) is 6.42 Å². The van der Waals surface area contributed by atoms with Crippen LogP contribution < -0.4 is 5.73 Å². The first-order chi connectivity index (χ1) is 43.3. The third-order valence-corrected chi connectivity index (χ3v) is 16.3. The van der Waals surface area contributed by atoms with Crippen LogP contribution in [0.3, 0.4) is 0 Å². The van der Waals surface area contributed by atoms with E-state index in [1.807, 2.05) is 0 Å². The molecule has 9 nitrogen and oxygen atoms in total. The maximum absolute atomic E-state index is 12.8. The fraction of sp³-hybridized carbons (Fsp3) is 0.692. The lowest BCUT2D eigenvalue weighted by Gasteiger charge is -2.19. The molecule has 2 atom stereocenters. The van der Waals surface area contributed by atoms with E-state index in [1.165, 1.54) is 173 Å². The molecule has 0 aliphatic carbocycles. The van der Waals surface area contributed by atoms with E-state index in [-0.39, 0.29) is 38.6 Å². The Bertz CT molecular complexity index is 1910. The topological polar surface area (TPSA) is 134 Å². The molecule has 0 aromatic heterocycles. The molecule has 0 radical (unpaired) electrons. The monoisotopic (exact) mass is 1240 g/mol. The quantitative estimate of drug-likeness (QED) is 0.0264. The highest BCUT2D eigenvalue weighted by Crippen LogP contribution is 2.43. The molecule has 2 unspecified atom stereocenters. The number of nitrogens with two attached hydrogens (primary N) is 1. The smallest absolute Gasteiger partial charge is 0.462 e. The van der Waals surface area contributed by atoms with E-state index in [0.717, 1.165) is 109 Å². The van der Waals surface area contributed by atoms with E-state index in [4.69, 9.17) is 24.3 Å². The zero-order valence-corrected chi connectivity index (χ0v) is 57.6. The summed E-state index contributed by atoms with van der Waals surface area (Å²) in [6.07, 6.45) is 103.